The van der Waals surface area contributed by atoms with E-state index in [1.807, 2.05) is 13.4 Å². The van der Waals surface area contributed by atoms with Crippen molar-refractivity contribution in [3.8, 4) is 11.5 Å². The van der Waals surface area contributed by atoms with Crippen LogP contribution >= 0.6 is 206 Å². The lowest BCUT2D eigenvalue weighted by Gasteiger charge is -2.30. The van der Waals surface area contributed by atoms with Gasteiger partial charge in [-0.15, -0.1) is 196 Å². The zero-order valence-electron chi connectivity index (χ0n) is 34.5. The Kier molecular flexibility index (Phi) is 43.2. The van der Waals surface area contributed by atoms with Crippen LogP contribution in [0.4, 0.5) is 0 Å². The van der Waals surface area contributed by atoms with Gasteiger partial charge in [0.1, 0.15) is 12.9 Å². The van der Waals surface area contributed by atoms with E-state index < -0.39 is 62.4 Å². The monoisotopic (exact) mass is 1610 g/mol. The van der Waals surface area contributed by atoms with E-state index >= 15 is 0 Å². The van der Waals surface area contributed by atoms with Crippen molar-refractivity contribution in [2.75, 3.05) is 0 Å². The van der Waals surface area contributed by atoms with Crippen LogP contribution in [0.15, 0.2) is 0 Å². The summed E-state index contributed by atoms with van der Waals surface area (Å²) in [6.07, 6.45) is 0. The minimum atomic E-state index is -2.50. The maximum absolute atomic E-state index is 6.19. The van der Waals surface area contributed by atoms with Gasteiger partial charge in [0.2, 0.25) is 11.0 Å². The molecule has 0 aliphatic carbocycles. The van der Waals surface area contributed by atoms with Crippen LogP contribution in [0.2, 0.25) is 88.1 Å². The number of halogens is 15. The van der Waals surface area contributed by atoms with Crippen LogP contribution in [0, 0.1) is 11.5 Å². The van der Waals surface area contributed by atoms with Crippen molar-refractivity contribution in [3.63, 3.8) is 0 Å². The molecule has 0 rings (SSSR count). The highest BCUT2D eigenvalue weighted by Crippen LogP contribution is 2.33. The molecule has 0 spiro atoms. The van der Waals surface area contributed by atoms with E-state index in [1.165, 1.54) is 36.3 Å². The second-order valence-electron chi connectivity index (χ2n) is 15.2. The predicted molar refractivity (Wildman–Crippen MR) is 336 cm³/mol. The van der Waals surface area contributed by atoms with E-state index in [1.54, 1.807) is 0 Å². The van der Waals surface area contributed by atoms with Crippen LogP contribution in [0.1, 0.15) is 58.2 Å². The molecule has 54 heavy (non-hydrogen) atoms. The Bertz CT molecular complexity index is 965. The number of hydrogen-bond acceptors (Lipinski definition) is 0. The third-order valence-electron chi connectivity index (χ3n) is 7.99. The van der Waals surface area contributed by atoms with Gasteiger partial charge in [-0.05, 0) is 6.92 Å². The maximum atomic E-state index is 6.19. The first-order chi connectivity index (χ1) is 23.5. The summed E-state index contributed by atoms with van der Waals surface area (Å²) in [7, 11) is -6.09. The summed E-state index contributed by atoms with van der Waals surface area (Å²) in [5.41, 5.74) is 3.31. The molecule has 0 aromatic heterocycles. The summed E-state index contributed by atoms with van der Waals surface area (Å²) >= 11 is 68.5. The molecule has 0 aliphatic heterocycles. The second-order valence-corrected chi connectivity index (χ2v) is 124. The molecule has 319 valence electrons. The lowest BCUT2D eigenvalue weighted by atomic mass is 10.7. The van der Waals surface area contributed by atoms with E-state index in [4.69, 9.17) is 77.6 Å². The summed E-state index contributed by atoms with van der Waals surface area (Å²) in [4.78, 5) is 0. The highest BCUT2D eigenvalue weighted by molar-refractivity contribution is 14.1. The fraction of sp³-hybridized carbons (Fsp3) is 0.917. The van der Waals surface area contributed by atoms with Crippen LogP contribution in [0.5, 0.6) is 0 Å². The summed E-state index contributed by atoms with van der Waals surface area (Å²) < 4.78 is -4.66. The van der Waals surface area contributed by atoms with Gasteiger partial charge in [-0.25, -0.2) is 0 Å². The van der Waals surface area contributed by atoms with Gasteiger partial charge in [0.25, 0.3) is 11.7 Å². The van der Waals surface area contributed by atoms with E-state index in [-0.39, 0.29) is 2.85 Å². The number of rotatable bonds is 17. The molecular formula is C24H63B5Br7Cl7ISi10. The Hall–Kier alpha value is 8.17. The van der Waals surface area contributed by atoms with Crippen LogP contribution in [0.25, 0.3) is 0 Å². The number of hydrogen-bond donors (Lipinski definition) is 0. The summed E-state index contributed by atoms with van der Waals surface area (Å²) in [5.74, 6) is -1.94. The molecule has 0 saturated heterocycles. The highest BCUT2D eigenvalue weighted by atomic mass is 127. The smallest absolute Gasteiger partial charge is 0.149 e. The van der Waals surface area contributed by atoms with Crippen molar-refractivity contribution >= 4 is 301 Å². The van der Waals surface area contributed by atoms with Crippen molar-refractivity contribution in [2.24, 2.45) is 0 Å². The standard InChI is InChI=1S/C6H15BBr3Si2.C6H11BBrClISi2.C6H15BCl3Si2.C3H9BBr3Si2.C3H9BCl3Si2.2H2/c1-4-11(5-2,6-3)7-12(8,9)10;1-4-6-11(3,5-2)7-12(8,9)10;1-4-11(5-2,6-3)7-12(8,9)10;2*1-8(2,3)4-9(5,6)7;;/h4-6H2,1-3H3;5H2,1-3H3;4-6H2,1-3H3;2*1-3H3;2*1H. The normalized spacial score (nSPS) is 14.8. The van der Waals surface area contributed by atoms with Crippen LogP contribution in [-0.4, -0.2) is 94.8 Å². The summed E-state index contributed by atoms with van der Waals surface area (Å²) in [5, 5.41) is 0. The van der Waals surface area contributed by atoms with Crippen molar-refractivity contribution in [2.45, 2.75) is 144 Å². The minimum absolute atomic E-state index is 0. The third-order valence-corrected chi connectivity index (χ3v) is 63.7. The molecule has 0 aromatic rings. The molecule has 5 radical (unpaired) electrons. The van der Waals surface area contributed by atoms with Gasteiger partial charge in [-0.1, -0.05) is 158 Å². The van der Waals surface area contributed by atoms with Gasteiger partial charge in [0.15, 0.2) is 19.4 Å². The van der Waals surface area contributed by atoms with Gasteiger partial charge in [0, 0.05) is 34.6 Å². The van der Waals surface area contributed by atoms with E-state index in [0.29, 0.717) is 0 Å². The van der Waals surface area contributed by atoms with Crippen LogP contribution in [0.3, 0.4) is 0 Å². The molecule has 0 N–H and O–H groups in total. The molecule has 0 amide bonds. The average molecular weight is 1620 g/mol. The molecule has 0 fully saturated rings. The Morgan fingerprint density at radius 1 is 0.463 bits per heavy atom. The van der Waals surface area contributed by atoms with Crippen molar-refractivity contribution in [3.05, 3.63) is 0 Å². The van der Waals surface area contributed by atoms with Gasteiger partial charge in [-0.3, -0.25) is 0 Å². The molecule has 0 nitrogen and oxygen atoms in total. The van der Waals surface area contributed by atoms with Crippen LogP contribution in [-0.2, 0) is 0 Å². The lowest BCUT2D eigenvalue weighted by molar-refractivity contribution is 1.22. The van der Waals surface area contributed by atoms with E-state index in [0.717, 1.165) is 6.04 Å². The Balaban J connectivity index is -0.000000107. The second kappa shape index (κ2) is 32.8. The van der Waals surface area contributed by atoms with Crippen molar-refractivity contribution in [1.82, 2.24) is 0 Å². The molecule has 2 unspecified atom stereocenters. The van der Waals surface area contributed by atoms with Gasteiger partial charge in [-0.2, -0.15) is 0 Å². The van der Waals surface area contributed by atoms with Crippen LogP contribution < -0.4 is 0 Å². The first kappa shape index (κ1) is 71.2. The van der Waals surface area contributed by atoms with Gasteiger partial charge >= 0.3 is 0 Å². The predicted octanol–water partition coefficient (Wildman–Crippen LogP) is 17.8. The zero-order chi connectivity index (χ0) is 44.9. The maximum Gasteiger partial charge on any atom is 0.294 e. The Morgan fingerprint density at radius 2 is 0.741 bits per heavy atom. The zero-order valence-corrected chi connectivity index (χ0v) is 63.1. The largest absolute Gasteiger partial charge is 0.294 e. The van der Waals surface area contributed by atoms with E-state index in [2.05, 4.69) is 260 Å². The molecule has 30 heteroatoms. The van der Waals surface area contributed by atoms with Crippen molar-refractivity contribution in [1.29, 1.82) is 0 Å². The fourth-order valence-corrected chi connectivity index (χ4v) is 90.4. The van der Waals surface area contributed by atoms with E-state index in [9.17, 15) is 0 Å². The molecule has 2 atom stereocenters. The topological polar surface area (TPSA) is 0 Å². The average Bonchev–Trinajstić information content (AvgIpc) is 2.90. The Morgan fingerprint density at radius 3 is 0.833 bits per heavy atom. The Labute approximate surface area is 451 Å². The quantitative estimate of drug-likeness (QED) is 0.0589. The highest BCUT2D eigenvalue weighted by Gasteiger charge is 2.40. The fourth-order valence-electron chi connectivity index (χ4n) is 4.66. The first-order valence-corrected chi connectivity index (χ1v) is 69.4. The molecule has 0 heterocycles. The van der Waals surface area contributed by atoms with Gasteiger partial charge in [0.05, 0.1) is 7.94 Å². The summed E-state index contributed by atoms with van der Waals surface area (Å²) in [6.45, 7) is 44.7. The lowest BCUT2D eigenvalue weighted by Crippen LogP contribution is -2.48. The molecule has 0 saturated carbocycles. The van der Waals surface area contributed by atoms with Crippen molar-refractivity contribution < 1.29 is 2.85 Å². The summed E-state index contributed by atoms with van der Waals surface area (Å²) in [6, 6.07) is 8.80. The SMILES string of the molecule is CC#C[Si](C)([B][Si](Cl)(Br)I)CC.CC[Si]([B][Si](Br)(Br)Br)(CC)CC.CC[Si]([B][Si](Cl)(Cl)Cl)(CC)CC.C[Si](C)(C)[B][Si](Br)(Br)Br.C[Si](C)(C)[B][Si](Cl)(Cl)Cl.[HH].[HH]. The third kappa shape index (κ3) is 52.8. The molecular weight excluding hydrogens is 1560 g/mol. The molecule has 0 aliphatic rings. The van der Waals surface area contributed by atoms with Gasteiger partial charge < -0.3 is 0 Å². The molecule has 0 bridgehead atoms. The molecule has 0 aromatic carbocycles. The minimum Gasteiger partial charge on any atom is -0.149 e. The first-order valence-electron chi connectivity index (χ1n) is 17.6.